The van der Waals surface area contributed by atoms with Crippen LogP contribution in [0.25, 0.3) is 0 Å². The lowest BCUT2D eigenvalue weighted by Crippen LogP contribution is -2.48. The third-order valence-corrected chi connectivity index (χ3v) is 10.4. The van der Waals surface area contributed by atoms with E-state index in [1.165, 1.54) is 44.9 Å². The highest BCUT2D eigenvalue weighted by atomic mass is 16.3. The van der Waals surface area contributed by atoms with Crippen molar-refractivity contribution in [3.8, 4) is 0 Å². The van der Waals surface area contributed by atoms with Crippen LogP contribution in [-0.2, 0) is 0 Å². The summed E-state index contributed by atoms with van der Waals surface area (Å²) in [4.78, 5) is 0. The summed E-state index contributed by atoms with van der Waals surface area (Å²) in [5.74, 6) is 4.48. The Bertz CT molecular complexity index is 672. The van der Waals surface area contributed by atoms with Gasteiger partial charge >= 0.3 is 0 Å². The quantitative estimate of drug-likeness (QED) is 0.484. The van der Waals surface area contributed by atoms with Gasteiger partial charge in [-0.05, 0) is 104 Å². The molecule has 0 saturated heterocycles. The maximum Gasteiger partial charge on any atom is 0.0543 e. The number of rotatable bonds is 4. The second kappa shape index (κ2) is 7.85. The molecule has 4 aliphatic rings. The highest BCUT2D eigenvalue weighted by molar-refractivity contribution is 5.35. The van der Waals surface area contributed by atoms with Crippen LogP contribution in [0.1, 0.15) is 99.3 Å². The van der Waals surface area contributed by atoms with Gasteiger partial charge in [0, 0.05) is 0 Å². The molecule has 0 aromatic heterocycles. The van der Waals surface area contributed by atoms with Crippen LogP contribution in [-0.4, -0.2) is 11.2 Å². The van der Waals surface area contributed by atoms with E-state index in [2.05, 4.69) is 53.7 Å². The molecule has 0 aliphatic heterocycles. The molecule has 29 heavy (non-hydrogen) atoms. The molecule has 3 fully saturated rings. The van der Waals surface area contributed by atoms with Crippen molar-refractivity contribution < 1.29 is 5.11 Å². The molecule has 8 unspecified atom stereocenters. The first-order chi connectivity index (χ1) is 13.7. The van der Waals surface area contributed by atoms with E-state index in [1.807, 2.05) is 11.1 Å². The number of aliphatic hydroxyl groups excluding tert-OH is 1. The molecule has 4 rings (SSSR count). The predicted octanol–water partition coefficient (Wildman–Crippen LogP) is 7.55. The fourth-order valence-corrected chi connectivity index (χ4v) is 8.06. The molecule has 0 amide bonds. The van der Waals surface area contributed by atoms with Crippen molar-refractivity contribution in [3.63, 3.8) is 0 Å². The molecule has 0 spiro atoms. The Balaban J connectivity index is 1.58. The number of fused-ring (bicyclic) bond motifs is 4. The maximum atomic E-state index is 10.3. The Hall–Kier alpha value is -0.560. The topological polar surface area (TPSA) is 20.2 Å². The summed E-state index contributed by atoms with van der Waals surface area (Å²) in [6, 6.07) is 0. The summed E-state index contributed by atoms with van der Waals surface area (Å²) < 4.78 is 0. The van der Waals surface area contributed by atoms with E-state index in [9.17, 15) is 5.11 Å². The van der Waals surface area contributed by atoms with Crippen molar-refractivity contribution in [2.24, 2.45) is 46.3 Å². The van der Waals surface area contributed by atoms with Crippen LogP contribution in [0.5, 0.6) is 0 Å². The largest absolute Gasteiger partial charge is 0.393 e. The first-order valence-electron chi connectivity index (χ1n) is 12.8. The molecular formula is C28H46O. The van der Waals surface area contributed by atoms with E-state index < -0.39 is 0 Å². The molecule has 3 saturated carbocycles. The van der Waals surface area contributed by atoms with E-state index >= 15 is 0 Å². The molecule has 0 radical (unpaired) electrons. The normalized spacial score (nSPS) is 44.6. The first kappa shape index (κ1) is 21.7. The maximum absolute atomic E-state index is 10.3. The zero-order valence-corrected chi connectivity index (χ0v) is 20.0. The summed E-state index contributed by atoms with van der Waals surface area (Å²) in [6.45, 7) is 14.7. The van der Waals surface area contributed by atoms with Crippen LogP contribution in [0.3, 0.4) is 0 Å². The van der Waals surface area contributed by atoms with Gasteiger partial charge in [0.1, 0.15) is 0 Å². The lowest BCUT2D eigenvalue weighted by Gasteiger charge is -2.56. The fraction of sp³-hybridized carbons (Fsp3) is 0.857. The molecule has 4 aliphatic carbocycles. The van der Waals surface area contributed by atoms with Crippen molar-refractivity contribution in [2.45, 2.75) is 105 Å². The van der Waals surface area contributed by atoms with Gasteiger partial charge in [0.05, 0.1) is 6.10 Å². The van der Waals surface area contributed by atoms with Crippen molar-refractivity contribution in [1.29, 1.82) is 0 Å². The van der Waals surface area contributed by atoms with Crippen LogP contribution in [0.15, 0.2) is 23.3 Å². The summed E-state index contributed by atoms with van der Waals surface area (Å²) in [7, 11) is 0. The number of allylic oxidation sites excluding steroid dienone is 4. The molecular weight excluding hydrogens is 352 g/mol. The van der Waals surface area contributed by atoms with Gasteiger partial charge in [-0.1, -0.05) is 64.8 Å². The second-order valence-electron chi connectivity index (χ2n) is 12.2. The molecule has 0 bridgehead atoms. The van der Waals surface area contributed by atoms with E-state index in [-0.39, 0.29) is 6.10 Å². The SMILES string of the molecule is CC(C)C(C)/C=C/C(C)C1CCC2=C3CCC4CC(O)CCC4(C)C3CCC21C. The zero-order chi connectivity index (χ0) is 21.0. The fourth-order valence-electron chi connectivity index (χ4n) is 8.06. The van der Waals surface area contributed by atoms with Crippen LogP contribution >= 0.6 is 0 Å². The first-order valence-corrected chi connectivity index (χ1v) is 12.8. The number of hydrogen-bond donors (Lipinski definition) is 1. The predicted molar refractivity (Wildman–Crippen MR) is 124 cm³/mol. The molecule has 1 N–H and O–H groups in total. The van der Waals surface area contributed by atoms with Crippen molar-refractivity contribution in [1.82, 2.24) is 0 Å². The Morgan fingerprint density at radius 2 is 1.69 bits per heavy atom. The number of hydrogen-bond acceptors (Lipinski definition) is 1. The van der Waals surface area contributed by atoms with E-state index in [4.69, 9.17) is 0 Å². The lowest BCUT2D eigenvalue weighted by molar-refractivity contribution is -0.0377. The molecule has 8 atom stereocenters. The Kier molecular flexibility index (Phi) is 5.86. The van der Waals surface area contributed by atoms with Crippen LogP contribution in [0.2, 0.25) is 0 Å². The van der Waals surface area contributed by atoms with Gasteiger partial charge < -0.3 is 5.11 Å². The Morgan fingerprint density at radius 3 is 2.41 bits per heavy atom. The van der Waals surface area contributed by atoms with Gasteiger partial charge in [-0.15, -0.1) is 0 Å². The molecule has 0 aromatic rings. The van der Waals surface area contributed by atoms with Crippen LogP contribution < -0.4 is 0 Å². The van der Waals surface area contributed by atoms with Gasteiger partial charge in [-0.25, -0.2) is 0 Å². The minimum absolute atomic E-state index is 0.0344. The summed E-state index contributed by atoms with van der Waals surface area (Å²) in [6.07, 6.45) is 16.5. The average molecular weight is 399 g/mol. The summed E-state index contributed by atoms with van der Waals surface area (Å²) in [5, 5.41) is 10.3. The standard InChI is InChI=1S/C28H46O/c1-18(2)19(3)7-8-20(4)24-11-12-25-23-10-9-21-17-22(29)13-15-27(21,5)26(23)14-16-28(24,25)6/h7-8,18-22,24,26,29H,9-17H2,1-6H3/b8-7+. The summed E-state index contributed by atoms with van der Waals surface area (Å²) >= 11 is 0. The van der Waals surface area contributed by atoms with Gasteiger partial charge in [0.2, 0.25) is 0 Å². The lowest BCUT2D eigenvalue weighted by atomic mass is 9.49. The van der Waals surface area contributed by atoms with E-state index in [0.29, 0.717) is 22.7 Å². The smallest absolute Gasteiger partial charge is 0.0543 e. The highest BCUT2D eigenvalue weighted by Gasteiger charge is 2.55. The van der Waals surface area contributed by atoms with E-state index in [0.717, 1.165) is 36.5 Å². The van der Waals surface area contributed by atoms with Gasteiger partial charge in [-0.2, -0.15) is 0 Å². The van der Waals surface area contributed by atoms with Gasteiger partial charge in [0.15, 0.2) is 0 Å². The molecule has 1 nitrogen and oxygen atoms in total. The van der Waals surface area contributed by atoms with Crippen molar-refractivity contribution >= 4 is 0 Å². The highest BCUT2D eigenvalue weighted by Crippen LogP contribution is 2.65. The second-order valence-corrected chi connectivity index (χ2v) is 12.2. The van der Waals surface area contributed by atoms with Crippen LogP contribution in [0, 0.1) is 46.3 Å². The third-order valence-electron chi connectivity index (χ3n) is 10.4. The molecule has 164 valence electrons. The minimum Gasteiger partial charge on any atom is -0.393 e. The average Bonchev–Trinajstić information content (AvgIpc) is 3.03. The Morgan fingerprint density at radius 1 is 0.931 bits per heavy atom. The monoisotopic (exact) mass is 398 g/mol. The van der Waals surface area contributed by atoms with Gasteiger partial charge in [0.25, 0.3) is 0 Å². The van der Waals surface area contributed by atoms with Crippen molar-refractivity contribution in [2.75, 3.05) is 0 Å². The zero-order valence-electron chi connectivity index (χ0n) is 20.0. The van der Waals surface area contributed by atoms with E-state index in [1.54, 1.807) is 0 Å². The molecule has 1 heteroatoms. The third kappa shape index (κ3) is 3.58. The minimum atomic E-state index is -0.0344. The van der Waals surface area contributed by atoms with Crippen LogP contribution in [0.4, 0.5) is 0 Å². The molecule has 0 heterocycles. The summed E-state index contributed by atoms with van der Waals surface area (Å²) in [5.41, 5.74) is 4.68. The number of aliphatic hydroxyl groups is 1. The molecule has 0 aromatic carbocycles. The Labute approximate surface area is 180 Å². The van der Waals surface area contributed by atoms with Gasteiger partial charge in [-0.3, -0.25) is 0 Å². The van der Waals surface area contributed by atoms with Crippen molar-refractivity contribution in [3.05, 3.63) is 23.3 Å².